The number of amides is 1. The first-order valence-electron chi connectivity index (χ1n) is 11.6. The summed E-state index contributed by atoms with van der Waals surface area (Å²) in [6.07, 6.45) is 5.63. The highest BCUT2D eigenvalue weighted by Gasteiger charge is 2.45. The van der Waals surface area contributed by atoms with Crippen molar-refractivity contribution in [1.29, 1.82) is 0 Å². The molecule has 3 heterocycles. The van der Waals surface area contributed by atoms with Crippen molar-refractivity contribution in [3.63, 3.8) is 0 Å². The van der Waals surface area contributed by atoms with Crippen molar-refractivity contribution >= 4 is 22.4 Å². The van der Waals surface area contributed by atoms with Crippen molar-refractivity contribution in [3.05, 3.63) is 72.1 Å². The van der Waals surface area contributed by atoms with E-state index in [1.165, 1.54) is 11.0 Å². The highest BCUT2D eigenvalue weighted by atomic mass is 32.1. The molecule has 6 heteroatoms. The van der Waals surface area contributed by atoms with E-state index in [2.05, 4.69) is 35.4 Å². The topological polar surface area (TPSA) is 45.7 Å². The van der Waals surface area contributed by atoms with Crippen LogP contribution >= 0.6 is 11.3 Å². The van der Waals surface area contributed by atoms with Gasteiger partial charge < -0.3 is 14.5 Å². The van der Waals surface area contributed by atoms with Crippen LogP contribution in [-0.2, 0) is 4.79 Å². The maximum absolute atomic E-state index is 12.3. The quantitative estimate of drug-likeness (QED) is 0.435. The lowest BCUT2D eigenvalue weighted by atomic mass is 9.85. The Kier molecular flexibility index (Phi) is 5.94. The van der Waals surface area contributed by atoms with Gasteiger partial charge in [-0.2, -0.15) is 0 Å². The third kappa shape index (κ3) is 4.27. The summed E-state index contributed by atoms with van der Waals surface area (Å²) in [5, 5.41) is 1.07. The molecule has 2 aliphatic rings. The van der Waals surface area contributed by atoms with Crippen molar-refractivity contribution in [1.82, 2.24) is 9.88 Å². The fourth-order valence-corrected chi connectivity index (χ4v) is 6.10. The van der Waals surface area contributed by atoms with Crippen LogP contribution in [0.5, 0.6) is 11.5 Å². The molecule has 2 saturated heterocycles. The van der Waals surface area contributed by atoms with Crippen LogP contribution in [0.3, 0.4) is 0 Å². The number of rotatable bonds is 5. The molecule has 0 aliphatic carbocycles. The Bertz CT molecular complexity index is 1130. The Labute approximate surface area is 199 Å². The molecule has 3 aromatic rings. The molecule has 1 aromatic heterocycles. The third-order valence-corrected chi connectivity index (χ3v) is 7.93. The first-order valence-corrected chi connectivity index (χ1v) is 12.4. The number of carbonyl (C=O) groups excluding carboxylic acids is 1. The number of likely N-dealkylation sites (tertiary alicyclic amines) is 1. The van der Waals surface area contributed by atoms with Gasteiger partial charge in [0.1, 0.15) is 11.5 Å². The van der Waals surface area contributed by atoms with Crippen LogP contribution in [0.2, 0.25) is 0 Å². The van der Waals surface area contributed by atoms with E-state index in [4.69, 9.17) is 9.72 Å². The molecule has 5 nitrogen and oxygen atoms in total. The predicted molar refractivity (Wildman–Crippen MR) is 134 cm³/mol. The first kappa shape index (κ1) is 21.7. The summed E-state index contributed by atoms with van der Waals surface area (Å²) in [6, 6.07) is 18.0. The molecular weight excluding hydrogens is 430 g/mol. The molecule has 0 atom stereocenters. The van der Waals surface area contributed by atoms with Crippen molar-refractivity contribution in [3.8, 4) is 22.8 Å². The van der Waals surface area contributed by atoms with Crippen LogP contribution in [-0.4, -0.2) is 41.0 Å². The molecular formula is C27H29N3O2S. The summed E-state index contributed by atoms with van der Waals surface area (Å²) in [6.45, 7) is 8.54. The maximum Gasteiger partial charge on any atom is 0.246 e. The highest BCUT2D eigenvalue weighted by Crippen LogP contribution is 2.41. The Morgan fingerprint density at radius 1 is 1.03 bits per heavy atom. The van der Waals surface area contributed by atoms with E-state index < -0.39 is 0 Å². The molecule has 0 bridgehead atoms. The number of aryl methyl sites for hydroxylation is 1. The van der Waals surface area contributed by atoms with Crippen LogP contribution < -0.4 is 9.64 Å². The van der Waals surface area contributed by atoms with E-state index in [1.807, 2.05) is 42.5 Å². The van der Waals surface area contributed by atoms with Gasteiger partial charge in [0.15, 0.2) is 5.13 Å². The summed E-state index contributed by atoms with van der Waals surface area (Å²) in [5.74, 6) is 1.72. The minimum Gasteiger partial charge on any atom is -0.457 e. The second kappa shape index (κ2) is 9.02. The van der Waals surface area contributed by atoms with Gasteiger partial charge in [0.05, 0.1) is 5.69 Å². The lowest BCUT2D eigenvalue weighted by Crippen LogP contribution is -2.53. The van der Waals surface area contributed by atoms with Crippen molar-refractivity contribution in [2.24, 2.45) is 0 Å². The van der Waals surface area contributed by atoms with Gasteiger partial charge in [-0.25, -0.2) is 4.98 Å². The highest BCUT2D eigenvalue weighted by molar-refractivity contribution is 7.16. The number of benzene rings is 2. The molecule has 0 N–H and O–H groups in total. The van der Waals surface area contributed by atoms with E-state index in [-0.39, 0.29) is 11.4 Å². The van der Waals surface area contributed by atoms with E-state index >= 15 is 0 Å². The zero-order valence-electron chi connectivity index (χ0n) is 19.0. The van der Waals surface area contributed by atoms with Crippen LogP contribution in [0.1, 0.15) is 30.6 Å². The fourth-order valence-electron chi connectivity index (χ4n) is 5.12. The minimum atomic E-state index is 0.00545. The molecule has 0 radical (unpaired) electrons. The SMILES string of the molecule is C=CC(=O)N1CCCC12CCN(c1nc(-c3ccc(Oc4ccccc4)cc3)c(C)s1)CC2. The van der Waals surface area contributed by atoms with E-state index in [9.17, 15) is 4.79 Å². The maximum atomic E-state index is 12.3. The number of ether oxygens (including phenoxy) is 1. The van der Waals surface area contributed by atoms with Crippen LogP contribution in [0.25, 0.3) is 11.3 Å². The lowest BCUT2D eigenvalue weighted by molar-refractivity contribution is -0.130. The molecule has 2 aliphatic heterocycles. The van der Waals surface area contributed by atoms with Gasteiger partial charge in [-0.15, -0.1) is 11.3 Å². The molecule has 33 heavy (non-hydrogen) atoms. The molecule has 0 saturated carbocycles. The monoisotopic (exact) mass is 459 g/mol. The standard InChI is InChI=1S/C27H29N3O2S/c1-3-24(31)30-17-7-14-27(30)15-18-29(19-16-27)26-28-25(20(2)33-26)21-10-12-23(13-11-21)32-22-8-5-4-6-9-22/h3-6,8-13H,1,7,14-19H2,2H3. The summed E-state index contributed by atoms with van der Waals surface area (Å²) >= 11 is 1.75. The number of aromatic nitrogens is 1. The molecule has 2 aromatic carbocycles. The average Bonchev–Trinajstić information content (AvgIpc) is 3.44. The number of hydrogen-bond acceptors (Lipinski definition) is 5. The predicted octanol–water partition coefficient (Wildman–Crippen LogP) is 6.06. The van der Waals surface area contributed by atoms with E-state index in [0.29, 0.717) is 0 Å². The average molecular weight is 460 g/mol. The number of hydrogen-bond donors (Lipinski definition) is 0. The zero-order valence-corrected chi connectivity index (χ0v) is 19.8. The smallest absolute Gasteiger partial charge is 0.246 e. The van der Waals surface area contributed by atoms with Gasteiger partial charge in [0.2, 0.25) is 5.91 Å². The second-order valence-corrected chi connectivity index (χ2v) is 10.0. The van der Waals surface area contributed by atoms with Gasteiger partial charge in [-0.1, -0.05) is 24.8 Å². The number of nitrogens with zero attached hydrogens (tertiary/aromatic N) is 3. The van der Waals surface area contributed by atoms with Crippen LogP contribution in [0.15, 0.2) is 67.3 Å². The zero-order chi connectivity index (χ0) is 22.8. The van der Waals surface area contributed by atoms with Gasteiger partial charge in [-0.3, -0.25) is 4.79 Å². The van der Waals surface area contributed by atoms with Crippen molar-refractivity contribution in [2.45, 2.75) is 38.1 Å². The normalized spacial score (nSPS) is 17.4. The van der Waals surface area contributed by atoms with Crippen molar-refractivity contribution < 1.29 is 9.53 Å². The Hall–Kier alpha value is -3.12. The number of piperidine rings is 1. The molecule has 1 spiro atoms. The molecule has 5 rings (SSSR count). The number of para-hydroxylation sites is 1. The largest absolute Gasteiger partial charge is 0.457 e. The summed E-state index contributed by atoms with van der Waals surface area (Å²) in [4.78, 5) is 23.0. The molecule has 1 amide bonds. The fraction of sp³-hybridized carbons (Fsp3) is 0.333. The van der Waals surface area contributed by atoms with Gasteiger partial charge >= 0.3 is 0 Å². The van der Waals surface area contributed by atoms with Gasteiger partial charge in [0.25, 0.3) is 0 Å². The number of anilines is 1. The second-order valence-electron chi connectivity index (χ2n) is 8.85. The van der Waals surface area contributed by atoms with Gasteiger partial charge in [0, 0.05) is 35.6 Å². The van der Waals surface area contributed by atoms with Crippen molar-refractivity contribution in [2.75, 3.05) is 24.5 Å². The number of carbonyl (C=O) groups is 1. The van der Waals surface area contributed by atoms with Crippen LogP contribution in [0.4, 0.5) is 5.13 Å². The molecule has 0 unspecified atom stereocenters. The molecule has 170 valence electrons. The minimum absolute atomic E-state index is 0.00545. The third-order valence-electron chi connectivity index (χ3n) is 6.89. The molecule has 2 fully saturated rings. The Morgan fingerprint density at radius 3 is 2.42 bits per heavy atom. The Morgan fingerprint density at radius 2 is 1.73 bits per heavy atom. The first-order chi connectivity index (χ1) is 16.1. The lowest BCUT2D eigenvalue weighted by Gasteiger charge is -2.44. The Balaban J connectivity index is 1.28. The van der Waals surface area contributed by atoms with Crippen LogP contribution in [0, 0.1) is 6.92 Å². The summed E-state index contributed by atoms with van der Waals surface area (Å²) < 4.78 is 5.92. The number of thiazole rings is 1. The van der Waals surface area contributed by atoms with E-state index in [1.54, 1.807) is 11.3 Å². The van der Waals surface area contributed by atoms with Gasteiger partial charge in [-0.05, 0) is 75.1 Å². The summed E-state index contributed by atoms with van der Waals surface area (Å²) in [7, 11) is 0. The van der Waals surface area contributed by atoms with E-state index in [0.717, 1.165) is 73.2 Å². The summed E-state index contributed by atoms with van der Waals surface area (Å²) in [5.41, 5.74) is 2.14.